The molecule has 2 amide bonds. The minimum Gasteiger partial charge on any atom is -0.501 e. The fraction of sp³-hybridized carbons (Fsp3) is 0.483. The highest BCUT2D eigenvalue weighted by Gasteiger charge is 2.50. The molecule has 240 valence electrons. The summed E-state index contributed by atoms with van der Waals surface area (Å²) in [7, 11) is 7.33. The number of likely N-dealkylation sites (N-methyl/N-ethyl adjacent to an activating group) is 1. The molecule has 1 aliphatic heterocycles. The molecule has 0 aromatic heterocycles. The van der Waals surface area contributed by atoms with Crippen LogP contribution in [0.3, 0.4) is 0 Å². The third-order valence-corrected chi connectivity index (χ3v) is 8.45. The molecule has 0 spiro atoms. The van der Waals surface area contributed by atoms with E-state index in [1.165, 1.54) is 39.2 Å². The first kappa shape index (κ1) is 36.3. The van der Waals surface area contributed by atoms with Gasteiger partial charge in [0.15, 0.2) is 31.4 Å². The smallest absolute Gasteiger partial charge is 0.273 e. The Morgan fingerprint density at radius 1 is 1.13 bits per heavy atom. The molecule has 1 saturated heterocycles. The topological polar surface area (TPSA) is 149 Å². The summed E-state index contributed by atoms with van der Waals surface area (Å²) in [4.78, 5) is 38.8. The van der Waals surface area contributed by atoms with Gasteiger partial charge >= 0.3 is 0 Å². The van der Waals surface area contributed by atoms with E-state index in [1.807, 2.05) is 18.7 Å². The van der Waals surface area contributed by atoms with Crippen LogP contribution in [0.4, 0.5) is 4.39 Å². The standard InChI is InChI=1S/C29H42B4FN3O8/c1-17-7-5-8-23(24(17)29(33,43)37(16-39)26(41,11-6-12-38)25(40)35-4)45-27(30,31)21-13-20(9-10-22(21)34)28(32,42)36-14-18(2)44-19(3)15-36/h5,7-10,12-13,16,18-19,41-43H,6,11,14-15,30-33H2,1-4H3,(H,35,40). The van der Waals surface area contributed by atoms with Crippen LogP contribution in [0.1, 0.15) is 48.9 Å². The number of morpholine rings is 1. The Kier molecular flexibility index (Phi) is 11.0. The number of aldehydes is 1. The number of aliphatic hydroxyl groups is 3. The molecule has 4 N–H and O–H groups in total. The Morgan fingerprint density at radius 2 is 1.76 bits per heavy atom. The summed E-state index contributed by atoms with van der Waals surface area (Å²) in [5, 5.41) is 35.8. The van der Waals surface area contributed by atoms with Gasteiger partial charge in [-0.2, -0.15) is 0 Å². The molecule has 45 heavy (non-hydrogen) atoms. The molecule has 2 aromatic rings. The fourth-order valence-corrected chi connectivity index (χ4v) is 6.13. The maximum atomic E-state index is 15.5. The first-order valence-corrected chi connectivity index (χ1v) is 14.9. The summed E-state index contributed by atoms with van der Waals surface area (Å²) < 4.78 is 27.7. The number of carbonyl (C=O) groups excluding carboxylic acids is 3. The molecule has 2 aromatic carbocycles. The lowest BCUT2D eigenvalue weighted by atomic mass is 9.60. The quantitative estimate of drug-likeness (QED) is 0.105. The third kappa shape index (κ3) is 7.30. The first-order valence-electron chi connectivity index (χ1n) is 14.9. The van der Waals surface area contributed by atoms with Crippen LogP contribution in [0.2, 0.25) is 0 Å². The van der Waals surface area contributed by atoms with Gasteiger partial charge in [0.05, 0.1) is 17.6 Å². The Morgan fingerprint density at radius 3 is 2.31 bits per heavy atom. The molecule has 0 aliphatic carbocycles. The second kappa shape index (κ2) is 13.7. The van der Waals surface area contributed by atoms with Gasteiger partial charge in [-0.1, -0.05) is 18.2 Å². The van der Waals surface area contributed by atoms with Crippen LogP contribution in [-0.4, -0.2) is 113 Å². The van der Waals surface area contributed by atoms with Gasteiger partial charge in [0, 0.05) is 44.1 Å². The van der Waals surface area contributed by atoms with Crippen LogP contribution in [0, 0.1) is 12.7 Å². The predicted octanol–water partition coefficient (Wildman–Crippen LogP) is -2.96. The van der Waals surface area contributed by atoms with E-state index in [4.69, 9.17) is 9.47 Å². The molecule has 0 bridgehead atoms. The fourth-order valence-electron chi connectivity index (χ4n) is 6.13. The molecule has 3 rings (SSSR count). The lowest BCUT2D eigenvalue weighted by molar-refractivity contribution is -0.203. The van der Waals surface area contributed by atoms with E-state index in [-0.39, 0.29) is 41.9 Å². The van der Waals surface area contributed by atoms with E-state index in [2.05, 4.69) is 5.32 Å². The third-order valence-electron chi connectivity index (χ3n) is 8.45. The monoisotopic (exact) mass is 623 g/mol. The molecule has 0 radical (unpaired) electrons. The minimum absolute atomic E-state index is 0.0263. The molecule has 1 aliphatic rings. The molecular formula is C29H42B4FN3O8. The highest BCUT2D eigenvalue weighted by molar-refractivity contribution is 6.39. The molecule has 11 nitrogen and oxygen atoms in total. The Labute approximate surface area is 267 Å². The van der Waals surface area contributed by atoms with Gasteiger partial charge in [-0.3, -0.25) is 19.4 Å². The molecule has 1 heterocycles. The van der Waals surface area contributed by atoms with Gasteiger partial charge in [-0.15, -0.1) is 0 Å². The van der Waals surface area contributed by atoms with Crippen molar-refractivity contribution in [1.29, 1.82) is 0 Å². The SMILES string of the molecule is BC(B)(Oc1cccc(C)c1C(B)(O)N(C=O)C(O)(CCC=O)C(=O)NC)c1cc(C(B)(O)N2CC(C)OC(C)C2)ccc1F. The predicted molar refractivity (Wildman–Crippen MR) is 176 cm³/mol. The van der Waals surface area contributed by atoms with Crippen LogP contribution in [0.25, 0.3) is 0 Å². The van der Waals surface area contributed by atoms with E-state index in [9.17, 15) is 29.7 Å². The van der Waals surface area contributed by atoms with Crippen molar-refractivity contribution in [3.8, 4) is 5.75 Å². The summed E-state index contributed by atoms with van der Waals surface area (Å²) >= 11 is 0. The van der Waals surface area contributed by atoms with Crippen molar-refractivity contribution in [3.63, 3.8) is 0 Å². The zero-order valence-electron chi connectivity index (χ0n) is 27.3. The number of aryl methyl sites for hydroxylation is 1. The van der Waals surface area contributed by atoms with Crippen LogP contribution in [0.15, 0.2) is 36.4 Å². The number of halogens is 1. The average Bonchev–Trinajstić information content (AvgIpc) is 2.94. The van der Waals surface area contributed by atoms with Gasteiger partial charge in [0.2, 0.25) is 12.1 Å². The number of nitrogens with one attached hydrogen (secondary N) is 1. The van der Waals surface area contributed by atoms with E-state index in [1.54, 1.807) is 42.6 Å². The number of rotatable bonds is 13. The zero-order chi connectivity index (χ0) is 34.0. The maximum absolute atomic E-state index is 15.5. The minimum atomic E-state index is -2.60. The van der Waals surface area contributed by atoms with Gasteiger partial charge in [0.25, 0.3) is 5.91 Å². The first-order chi connectivity index (χ1) is 20.9. The van der Waals surface area contributed by atoms with Crippen molar-refractivity contribution in [2.45, 2.75) is 68.2 Å². The van der Waals surface area contributed by atoms with Gasteiger partial charge in [-0.25, -0.2) is 4.39 Å². The molecule has 16 heteroatoms. The zero-order valence-corrected chi connectivity index (χ0v) is 27.3. The summed E-state index contributed by atoms with van der Waals surface area (Å²) in [6.07, 6.45) is -0.389. The van der Waals surface area contributed by atoms with Crippen LogP contribution in [-0.2, 0) is 35.8 Å². The highest BCUT2D eigenvalue weighted by Crippen LogP contribution is 2.40. The highest BCUT2D eigenvalue weighted by atomic mass is 19.1. The van der Waals surface area contributed by atoms with Gasteiger partial charge < -0.3 is 34.9 Å². The van der Waals surface area contributed by atoms with E-state index < -0.39 is 40.5 Å². The van der Waals surface area contributed by atoms with Crippen molar-refractivity contribution in [2.24, 2.45) is 0 Å². The Bertz CT molecular complexity index is 1410. The normalized spacial score (nSPS) is 21.4. The second-order valence-corrected chi connectivity index (χ2v) is 12.5. The van der Waals surface area contributed by atoms with Crippen molar-refractivity contribution >= 4 is 50.0 Å². The lowest BCUT2D eigenvalue weighted by Gasteiger charge is -2.46. The summed E-state index contributed by atoms with van der Waals surface area (Å²) in [6.45, 7) is 6.41. The number of hydrogen-bond acceptors (Lipinski definition) is 9. The number of ether oxygens (including phenoxy) is 2. The molecule has 5 atom stereocenters. The number of benzene rings is 2. The van der Waals surface area contributed by atoms with E-state index >= 15 is 4.39 Å². The maximum Gasteiger partial charge on any atom is 0.273 e. The molecular weight excluding hydrogens is 581 g/mol. The van der Waals surface area contributed by atoms with Crippen molar-refractivity contribution in [2.75, 3.05) is 20.1 Å². The molecule has 1 fully saturated rings. The molecule has 5 unspecified atom stereocenters. The summed E-state index contributed by atoms with van der Waals surface area (Å²) in [5.74, 6) is -1.57. The van der Waals surface area contributed by atoms with Gasteiger partial charge in [0.1, 0.15) is 29.1 Å². The van der Waals surface area contributed by atoms with E-state index in [0.29, 0.717) is 35.4 Å². The van der Waals surface area contributed by atoms with Crippen LogP contribution < -0.4 is 10.1 Å². The lowest BCUT2D eigenvalue weighted by Crippen LogP contribution is -2.65. The van der Waals surface area contributed by atoms with Crippen LogP contribution in [0.5, 0.6) is 5.75 Å². The Hall–Kier alpha value is -3.16. The van der Waals surface area contributed by atoms with Gasteiger partial charge in [-0.05, 0) is 50.1 Å². The number of hydrogen-bond donors (Lipinski definition) is 4. The van der Waals surface area contributed by atoms with Crippen molar-refractivity contribution in [3.05, 3.63) is 64.5 Å². The largest absolute Gasteiger partial charge is 0.501 e. The number of nitrogens with zero attached hydrogens (tertiary/aromatic N) is 2. The summed E-state index contributed by atoms with van der Waals surface area (Å²) in [5.41, 5.74) is -5.40. The number of carbonyl (C=O) groups is 3. The van der Waals surface area contributed by atoms with Crippen molar-refractivity contribution < 1.29 is 43.6 Å². The Balaban J connectivity index is 2.09. The molecule has 0 saturated carbocycles. The second-order valence-electron chi connectivity index (χ2n) is 12.5. The van der Waals surface area contributed by atoms with E-state index in [0.717, 1.165) is 0 Å². The van der Waals surface area contributed by atoms with Crippen molar-refractivity contribution in [1.82, 2.24) is 15.1 Å². The van der Waals surface area contributed by atoms with Crippen LogP contribution >= 0.6 is 0 Å². The average molecular weight is 623 g/mol. The summed E-state index contributed by atoms with van der Waals surface area (Å²) in [6, 6.07) is 9.11. The number of amides is 2.